The number of aromatic nitrogens is 2. The number of likely N-dealkylation sites (N-methyl/N-ethyl adjacent to an activating group) is 1. The Balaban J connectivity index is 2.89. The lowest BCUT2D eigenvalue weighted by Crippen LogP contribution is -2.43. The third-order valence-electron chi connectivity index (χ3n) is 3.12. The largest absolute Gasteiger partial charge is 0.475 e. The summed E-state index contributed by atoms with van der Waals surface area (Å²) in [6, 6.07) is 0. The quantitative estimate of drug-likeness (QED) is 0.604. The highest BCUT2D eigenvalue weighted by molar-refractivity contribution is 5.47. The van der Waals surface area contributed by atoms with Gasteiger partial charge in [-0.05, 0) is 41.8 Å². The molecule has 6 heteroatoms. The van der Waals surface area contributed by atoms with Crippen LogP contribution in [-0.2, 0) is 0 Å². The van der Waals surface area contributed by atoms with Crippen molar-refractivity contribution >= 4 is 5.82 Å². The summed E-state index contributed by atoms with van der Waals surface area (Å²) in [6.45, 7) is 8.45. The van der Waals surface area contributed by atoms with Crippen LogP contribution in [0.25, 0.3) is 0 Å². The zero-order valence-corrected chi connectivity index (χ0v) is 12.0. The van der Waals surface area contributed by atoms with E-state index in [-0.39, 0.29) is 5.54 Å². The second-order valence-electron chi connectivity index (χ2n) is 5.19. The summed E-state index contributed by atoms with van der Waals surface area (Å²) in [5.41, 5.74) is 3.30. The molecule has 0 spiro atoms. The smallest absolute Gasteiger partial charge is 0.221 e. The Morgan fingerprint density at radius 3 is 2.39 bits per heavy atom. The van der Waals surface area contributed by atoms with E-state index in [4.69, 9.17) is 10.6 Å². The number of hydrazine groups is 1. The first-order valence-corrected chi connectivity index (χ1v) is 5.90. The van der Waals surface area contributed by atoms with E-state index < -0.39 is 0 Å². The highest BCUT2D eigenvalue weighted by Crippen LogP contribution is 2.22. The number of nitrogen functional groups attached to an aromatic ring is 1. The van der Waals surface area contributed by atoms with E-state index in [9.17, 15) is 0 Å². The van der Waals surface area contributed by atoms with Gasteiger partial charge < -0.3 is 15.1 Å². The van der Waals surface area contributed by atoms with Crippen LogP contribution >= 0.6 is 0 Å². The molecule has 0 saturated heterocycles. The fourth-order valence-electron chi connectivity index (χ4n) is 1.26. The van der Waals surface area contributed by atoms with Crippen molar-refractivity contribution < 1.29 is 4.74 Å². The first kappa shape index (κ1) is 14.7. The number of nitrogens with one attached hydrogen (secondary N) is 1. The molecule has 0 aliphatic heterocycles. The molecule has 1 aromatic rings. The third-order valence-corrected chi connectivity index (χ3v) is 3.12. The summed E-state index contributed by atoms with van der Waals surface area (Å²) >= 11 is 0. The van der Waals surface area contributed by atoms with Crippen molar-refractivity contribution in [3.63, 3.8) is 0 Å². The normalized spacial score (nSPS) is 11.8. The highest BCUT2D eigenvalue weighted by atomic mass is 16.5. The van der Waals surface area contributed by atoms with Crippen LogP contribution in [0.3, 0.4) is 0 Å². The van der Waals surface area contributed by atoms with Crippen LogP contribution < -0.4 is 16.0 Å². The summed E-state index contributed by atoms with van der Waals surface area (Å²) in [5, 5.41) is 0. The summed E-state index contributed by atoms with van der Waals surface area (Å²) in [4.78, 5) is 10.6. The Bertz CT molecular complexity index is 417. The molecule has 3 N–H and O–H groups in total. The molecule has 0 aliphatic carbocycles. The predicted octanol–water partition coefficient (Wildman–Crippen LogP) is 1.10. The van der Waals surface area contributed by atoms with E-state index in [0.717, 1.165) is 5.56 Å². The molecule has 6 nitrogen and oxygen atoms in total. The predicted molar refractivity (Wildman–Crippen MR) is 72.6 cm³/mol. The van der Waals surface area contributed by atoms with Crippen LogP contribution in [0.2, 0.25) is 0 Å². The molecule has 0 aromatic carbocycles. The molecule has 0 amide bonds. The molecule has 102 valence electrons. The third kappa shape index (κ3) is 3.30. The van der Waals surface area contributed by atoms with Gasteiger partial charge in [0.15, 0.2) is 0 Å². The number of aryl methyl sites for hydroxylation is 1. The van der Waals surface area contributed by atoms with E-state index in [1.165, 1.54) is 0 Å². The molecule has 0 radical (unpaired) electrons. The second kappa shape index (κ2) is 5.49. The molecule has 1 rings (SSSR count). The summed E-state index contributed by atoms with van der Waals surface area (Å²) < 4.78 is 5.80. The Morgan fingerprint density at radius 1 is 1.28 bits per heavy atom. The van der Waals surface area contributed by atoms with Crippen molar-refractivity contribution in [1.82, 2.24) is 14.9 Å². The maximum Gasteiger partial charge on any atom is 0.221 e. The van der Waals surface area contributed by atoms with Crippen molar-refractivity contribution in [3.8, 4) is 5.88 Å². The molecular formula is C12H23N5O. The van der Waals surface area contributed by atoms with Gasteiger partial charge in [-0.3, -0.25) is 0 Å². The van der Waals surface area contributed by atoms with Crippen molar-refractivity contribution in [2.24, 2.45) is 5.84 Å². The number of hydrogen-bond acceptors (Lipinski definition) is 6. The molecule has 1 aromatic heterocycles. The fraction of sp³-hybridized carbons (Fsp3) is 0.667. The Hall–Kier alpha value is -1.40. The maximum atomic E-state index is 5.80. The van der Waals surface area contributed by atoms with Crippen LogP contribution in [-0.4, -0.2) is 41.1 Å². The standard InChI is InChI=1S/C12H23N5O/c1-8-10(16-13)14-9(2)15-11(8)18-7-12(3,4)17(5)6/h7,13H2,1-6H3,(H,14,15,16). The summed E-state index contributed by atoms with van der Waals surface area (Å²) in [7, 11) is 4.04. The van der Waals surface area contributed by atoms with Crippen LogP contribution in [0.1, 0.15) is 25.2 Å². The number of hydrogen-bond donors (Lipinski definition) is 2. The number of nitrogens with two attached hydrogens (primary N) is 1. The average molecular weight is 253 g/mol. The molecule has 0 saturated carbocycles. The van der Waals surface area contributed by atoms with Gasteiger partial charge in [0.1, 0.15) is 18.2 Å². The minimum absolute atomic E-state index is 0.0679. The second-order valence-corrected chi connectivity index (χ2v) is 5.19. The Labute approximate surface area is 109 Å². The van der Waals surface area contributed by atoms with Gasteiger partial charge in [-0.25, -0.2) is 10.8 Å². The number of anilines is 1. The van der Waals surface area contributed by atoms with Crippen LogP contribution in [0.4, 0.5) is 5.82 Å². The van der Waals surface area contributed by atoms with Gasteiger partial charge in [-0.2, -0.15) is 4.98 Å². The monoisotopic (exact) mass is 253 g/mol. The first-order chi connectivity index (χ1) is 8.27. The van der Waals surface area contributed by atoms with Crippen molar-refractivity contribution in [2.75, 3.05) is 26.1 Å². The van der Waals surface area contributed by atoms with E-state index in [0.29, 0.717) is 24.1 Å². The molecule has 0 atom stereocenters. The lowest BCUT2D eigenvalue weighted by Gasteiger charge is -2.32. The number of rotatable bonds is 5. The lowest BCUT2D eigenvalue weighted by molar-refractivity contribution is 0.110. The Kier molecular flexibility index (Phi) is 4.48. The Morgan fingerprint density at radius 2 is 1.89 bits per heavy atom. The zero-order valence-electron chi connectivity index (χ0n) is 12.0. The zero-order chi connectivity index (χ0) is 13.9. The van der Waals surface area contributed by atoms with Crippen molar-refractivity contribution in [3.05, 3.63) is 11.4 Å². The van der Waals surface area contributed by atoms with E-state index >= 15 is 0 Å². The van der Waals surface area contributed by atoms with Gasteiger partial charge in [-0.15, -0.1) is 0 Å². The van der Waals surface area contributed by atoms with Gasteiger partial charge >= 0.3 is 0 Å². The lowest BCUT2D eigenvalue weighted by atomic mass is 10.1. The highest BCUT2D eigenvalue weighted by Gasteiger charge is 2.22. The minimum Gasteiger partial charge on any atom is -0.475 e. The minimum atomic E-state index is -0.0679. The van der Waals surface area contributed by atoms with Crippen molar-refractivity contribution in [1.29, 1.82) is 0 Å². The van der Waals surface area contributed by atoms with Gasteiger partial charge in [0.2, 0.25) is 5.88 Å². The average Bonchev–Trinajstić information content (AvgIpc) is 2.29. The number of ether oxygens (including phenoxy) is 1. The van der Waals surface area contributed by atoms with E-state index in [1.807, 2.05) is 27.9 Å². The van der Waals surface area contributed by atoms with Gasteiger partial charge in [0.25, 0.3) is 0 Å². The van der Waals surface area contributed by atoms with Crippen LogP contribution in [0, 0.1) is 13.8 Å². The topological polar surface area (TPSA) is 76.3 Å². The summed E-state index contributed by atoms with van der Waals surface area (Å²) in [5.74, 6) is 7.22. The van der Waals surface area contributed by atoms with E-state index in [1.54, 1.807) is 0 Å². The number of nitrogens with zero attached hydrogens (tertiary/aromatic N) is 3. The van der Waals surface area contributed by atoms with Crippen molar-refractivity contribution in [2.45, 2.75) is 33.2 Å². The summed E-state index contributed by atoms with van der Waals surface area (Å²) in [6.07, 6.45) is 0. The molecule has 0 bridgehead atoms. The van der Waals surface area contributed by atoms with Gasteiger partial charge in [-0.1, -0.05) is 0 Å². The molecule has 0 unspecified atom stereocenters. The van der Waals surface area contributed by atoms with Gasteiger partial charge in [0.05, 0.1) is 5.56 Å². The maximum absolute atomic E-state index is 5.80. The molecular weight excluding hydrogens is 230 g/mol. The van der Waals surface area contributed by atoms with Gasteiger partial charge in [0, 0.05) is 5.54 Å². The fourth-order valence-corrected chi connectivity index (χ4v) is 1.26. The SMILES string of the molecule is Cc1nc(NN)c(C)c(OCC(C)(C)N(C)C)n1. The van der Waals surface area contributed by atoms with Crippen LogP contribution in [0.15, 0.2) is 0 Å². The molecule has 18 heavy (non-hydrogen) atoms. The molecule has 0 fully saturated rings. The molecule has 0 aliphatic rings. The first-order valence-electron chi connectivity index (χ1n) is 5.90. The van der Waals surface area contributed by atoms with Crippen LogP contribution in [0.5, 0.6) is 5.88 Å². The van der Waals surface area contributed by atoms with E-state index in [2.05, 4.69) is 34.1 Å². The molecule has 1 heterocycles.